The summed E-state index contributed by atoms with van der Waals surface area (Å²) in [7, 11) is 0. The predicted octanol–water partition coefficient (Wildman–Crippen LogP) is 14.5. The highest BCUT2D eigenvalue weighted by atomic mass is 16.7. The smallest absolute Gasteiger partial charge is 0.306 e. The number of carbonyl (C=O) groups excluding carboxylic acids is 1. The molecule has 1 saturated heterocycles. The Bertz CT molecular complexity index is 966. The van der Waals surface area contributed by atoms with Crippen molar-refractivity contribution in [3.05, 3.63) is 0 Å². The van der Waals surface area contributed by atoms with Gasteiger partial charge in [-0.15, -0.1) is 0 Å². The third-order valence-corrected chi connectivity index (χ3v) is 13.8. The third-order valence-electron chi connectivity index (χ3n) is 13.8. The van der Waals surface area contributed by atoms with Gasteiger partial charge in [-0.1, -0.05) is 271 Å². The van der Waals surface area contributed by atoms with Gasteiger partial charge in [0.2, 0.25) is 0 Å². The van der Waals surface area contributed by atoms with E-state index in [-0.39, 0.29) is 19.2 Å². The highest BCUT2D eigenvalue weighted by Gasteiger charge is 2.44. The van der Waals surface area contributed by atoms with Gasteiger partial charge in [0, 0.05) is 13.0 Å². The third kappa shape index (κ3) is 38.7. The molecule has 388 valence electrons. The molecule has 65 heavy (non-hydrogen) atoms. The summed E-state index contributed by atoms with van der Waals surface area (Å²) < 4.78 is 23.0. The van der Waals surface area contributed by atoms with E-state index in [1.165, 1.54) is 238 Å². The minimum absolute atomic E-state index is 0.104. The second-order valence-corrected chi connectivity index (χ2v) is 20.1. The molecule has 0 bridgehead atoms. The van der Waals surface area contributed by atoms with Crippen LogP contribution in [0.2, 0.25) is 0 Å². The van der Waals surface area contributed by atoms with Crippen LogP contribution < -0.4 is 0 Å². The molecule has 1 aliphatic heterocycles. The van der Waals surface area contributed by atoms with E-state index < -0.39 is 43.4 Å². The van der Waals surface area contributed by atoms with Crippen molar-refractivity contribution in [2.45, 2.75) is 327 Å². The van der Waals surface area contributed by atoms with Crippen molar-refractivity contribution in [2.24, 2.45) is 0 Å². The van der Waals surface area contributed by atoms with Gasteiger partial charge in [-0.3, -0.25) is 4.79 Å². The maximum Gasteiger partial charge on any atom is 0.306 e. The molecule has 0 aromatic heterocycles. The normalized spacial score (nSPS) is 19.3. The van der Waals surface area contributed by atoms with Crippen LogP contribution in [-0.2, 0) is 23.7 Å². The first-order valence-electron chi connectivity index (χ1n) is 28.6. The Hall–Kier alpha value is -0.810. The number of carbonyl (C=O) groups is 1. The van der Waals surface area contributed by atoms with Gasteiger partial charge < -0.3 is 39.4 Å². The van der Waals surface area contributed by atoms with Gasteiger partial charge in [0.15, 0.2) is 6.29 Å². The Balaban J connectivity index is 2.13. The first kappa shape index (κ1) is 62.2. The molecule has 0 amide bonds. The van der Waals surface area contributed by atoms with Crippen molar-refractivity contribution in [3.8, 4) is 0 Å². The van der Waals surface area contributed by atoms with Crippen molar-refractivity contribution in [2.75, 3.05) is 26.4 Å². The molecule has 1 fully saturated rings. The lowest BCUT2D eigenvalue weighted by molar-refractivity contribution is -0.305. The van der Waals surface area contributed by atoms with Gasteiger partial charge in [0.05, 0.1) is 19.8 Å². The Morgan fingerprint density at radius 3 is 1.09 bits per heavy atom. The number of esters is 1. The molecule has 0 aliphatic carbocycles. The lowest BCUT2D eigenvalue weighted by Gasteiger charge is -2.39. The predicted molar refractivity (Wildman–Crippen MR) is 270 cm³/mol. The molecule has 6 atom stereocenters. The minimum Gasteiger partial charge on any atom is -0.457 e. The molecular weight excluding hydrogens is 817 g/mol. The molecular formula is C56H110O9. The summed E-state index contributed by atoms with van der Waals surface area (Å²) in [5, 5.41) is 40.3. The number of hydrogen-bond donors (Lipinski definition) is 4. The van der Waals surface area contributed by atoms with Crippen LogP contribution in [0.3, 0.4) is 0 Å². The summed E-state index contributed by atoms with van der Waals surface area (Å²) in [5.41, 5.74) is 0. The first-order valence-corrected chi connectivity index (χ1v) is 28.6. The van der Waals surface area contributed by atoms with Crippen molar-refractivity contribution in [1.82, 2.24) is 0 Å². The Morgan fingerprint density at radius 1 is 0.431 bits per heavy atom. The van der Waals surface area contributed by atoms with E-state index in [1.807, 2.05) is 0 Å². The highest BCUT2D eigenvalue weighted by molar-refractivity contribution is 5.69. The molecule has 6 unspecified atom stereocenters. The summed E-state index contributed by atoms with van der Waals surface area (Å²) in [6.07, 6.45) is 48.7. The largest absolute Gasteiger partial charge is 0.457 e. The van der Waals surface area contributed by atoms with Crippen LogP contribution in [-0.4, -0.2) is 89.6 Å². The van der Waals surface area contributed by atoms with Gasteiger partial charge in [-0.05, 0) is 12.8 Å². The van der Waals surface area contributed by atoms with Crippen LogP contribution in [0.15, 0.2) is 0 Å². The topological polar surface area (TPSA) is 135 Å². The zero-order valence-electron chi connectivity index (χ0n) is 43.0. The van der Waals surface area contributed by atoms with E-state index in [1.54, 1.807) is 0 Å². The summed E-state index contributed by atoms with van der Waals surface area (Å²) in [5.74, 6) is -0.303. The first-order chi connectivity index (χ1) is 31.9. The minimum atomic E-state index is -1.53. The molecule has 9 nitrogen and oxygen atoms in total. The lowest BCUT2D eigenvalue weighted by atomic mass is 9.99. The highest BCUT2D eigenvalue weighted by Crippen LogP contribution is 2.23. The molecule has 9 heteroatoms. The molecule has 1 heterocycles. The van der Waals surface area contributed by atoms with Gasteiger partial charge in [0.25, 0.3) is 0 Å². The maximum atomic E-state index is 12.9. The Morgan fingerprint density at radius 2 is 0.754 bits per heavy atom. The number of hydrogen-bond acceptors (Lipinski definition) is 9. The fourth-order valence-corrected chi connectivity index (χ4v) is 9.32. The Kier molecular flexibility index (Phi) is 46.1. The fraction of sp³-hybridized carbons (Fsp3) is 0.982. The lowest BCUT2D eigenvalue weighted by Crippen LogP contribution is -2.59. The average molecular weight is 927 g/mol. The van der Waals surface area contributed by atoms with E-state index >= 15 is 0 Å². The van der Waals surface area contributed by atoms with E-state index in [4.69, 9.17) is 18.9 Å². The molecule has 4 N–H and O–H groups in total. The SMILES string of the molecule is CCCCCCCCCCCCCCCCCCCCCCCCCOCC(COC1OC(CO)C(O)C(O)C1O)OC(=O)CCCCCCCCCCCCCCCCCCCCC. The van der Waals surface area contributed by atoms with Gasteiger partial charge in [-0.2, -0.15) is 0 Å². The summed E-state index contributed by atoms with van der Waals surface area (Å²) in [6, 6.07) is 0. The zero-order valence-corrected chi connectivity index (χ0v) is 43.0. The molecule has 0 radical (unpaired) electrons. The molecule has 1 aliphatic rings. The van der Waals surface area contributed by atoms with Gasteiger partial charge in [0.1, 0.15) is 30.5 Å². The molecule has 0 spiro atoms. The standard InChI is InChI=1S/C56H110O9/c1-3-5-7-9-11-13-15-17-19-21-23-24-25-26-28-30-32-34-36-38-40-42-44-46-62-48-50(49-63-56-55(61)54(60)53(59)51(47-57)65-56)64-52(58)45-43-41-39-37-35-33-31-29-27-22-20-18-16-14-12-10-8-6-4-2/h50-51,53-57,59-61H,3-49H2,1-2H3. The van der Waals surface area contributed by atoms with E-state index in [0.717, 1.165) is 32.1 Å². The van der Waals surface area contributed by atoms with Crippen molar-refractivity contribution >= 4 is 5.97 Å². The maximum absolute atomic E-state index is 12.9. The van der Waals surface area contributed by atoms with Crippen molar-refractivity contribution in [3.63, 3.8) is 0 Å². The van der Waals surface area contributed by atoms with Crippen LogP contribution in [0.25, 0.3) is 0 Å². The monoisotopic (exact) mass is 927 g/mol. The van der Waals surface area contributed by atoms with Crippen LogP contribution in [0.4, 0.5) is 0 Å². The number of aliphatic hydroxyl groups excluding tert-OH is 4. The van der Waals surface area contributed by atoms with Crippen molar-refractivity contribution < 1.29 is 44.2 Å². The van der Waals surface area contributed by atoms with E-state index in [0.29, 0.717) is 13.0 Å². The average Bonchev–Trinajstić information content (AvgIpc) is 3.31. The van der Waals surface area contributed by atoms with Crippen LogP contribution in [0, 0.1) is 0 Å². The quantitative estimate of drug-likeness (QED) is 0.0347. The van der Waals surface area contributed by atoms with Gasteiger partial charge in [-0.25, -0.2) is 0 Å². The van der Waals surface area contributed by atoms with E-state index in [2.05, 4.69) is 13.8 Å². The molecule has 1 rings (SSSR count). The second kappa shape index (κ2) is 48.2. The number of ether oxygens (including phenoxy) is 4. The summed E-state index contributed by atoms with van der Waals surface area (Å²) in [6.45, 7) is 4.65. The molecule has 0 aromatic rings. The number of aliphatic hydroxyl groups is 4. The molecule has 0 saturated carbocycles. The number of unbranched alkanes of at least 4 members (excludes halogenated alkanes) is 40. The second-order valence-electron chi connectivity index (χ2n) is 20.1. The summed E-state index contributed by atoms with van der Waals surface area (Å²) >= 11 is 0. The molecule has 0 aromatic carbocycles. The van der Waals surface area contributed by atoms with Crippen LogP contribution in [0.5, 0.6) is 0 Å². The van der Waals surface area contributed by atoms with Crippen LogP contribution in [0.1, 0.15) is 290 Å². The van der Waals surface area contributed by atoms with Gasteiger partial charge >= 0.3 is 5.97 Å². The van der Waals surface area contributed by atoms with Crippen LogP contribution >= 0.6 is 0 Å². The fourth-order valence-electron chi connectivity index (χ4n) is 9.32. The van der Waals surface area contributed by atoms with Crippen molar-refractivity contribution in [1.29, 1.82) is 0 Å². The zero-order chi connectivity index (χ0) is 47.1. The van der Waals surface area contributed by atoms with E-state index in [9.17, 15) is 25.2 Å². The Labute approximate surface area is 402 Å². The number of rotatable bonds is 51. The summed E-state index contributed by atoms with van der Waals surface area (Å²) in [4.78, 5) is 12.9.